The van der Waals surface area contributed by atoms with Crippen molar-refractivity contribution in [2.75, 3.05) is 14.2 Å². The Kier molecular flexibility index (Phi) is 6.87. The van der Waals surface area contributed by atoms with Crippen molar-refractivity contribution in [2.45, 2.75) is 38.8 Å². The largest absolute Gasteiger partial charge is 0.493 e. The predicted octanol–water partition coefficient (Wildman–Crippen LogP) is 1.84. The molecule has 3 N–H and O–H groups in total. The van der Waals surface area contributed by atoms with Crippen LogP contribution < -0.4 is 20.5 Å². The van der Waals surface area contributed by atoms with Gasteiger partial charge in [0.2, 0.25) is 5.91 Å². The van der Waals surface area contributed by atoms with Gasteiger partial charge in [0, 0.05) is 19.0 Å². The molecule has 20 heavy (non-hydrogen) atoms. The van der Waals surface area contributed by atoms with Crippen LogP contribution in [0.5, 0.6) is 11.5 Å². The van der Waals surface area contributed by atoms with E-state index in [0.717, 1.165) is 18.4 Å². The maximum absolute atomic E-state index is 11.7. The molecule has 0 bridgehead atoms. The van der Waals surface area contributed by atoms with Gasteiger partial charge in [-0.2, -0.15) is 0 Å². The van der Waals surface area contributed by atoms with Gasteiger partial charge in [0.1, 0.15) is 0 Å². The van der Waals surface area contributed by atoms with Crippen molar-refractivity contribution in [2.24, 2.45) is 5.73 Å². The highest BCUT2D eigenvalue weighted by Gasteiger charge is 2.09. The van der Waals surface area contributed by atoms with Crippen molar-refractivity contribution >= 4 is 5.91 Å². The van der Waals surface area contributed by atoms with E-state index in [9.17, 15) is 4.79 Å². The van der Waals surface area contributed by atoms with Crippen LogP contribution in [-0.2, 0) is 11.3 Å². The Morgan fingerprint density at radius 3 is 2.60 bits per heavy atom. The average molecular weight is 280 g/mol. The minimum Gasteiger partial charge on any atom is -0.493 e. The van der Waals surface area contributed by atoms with Crippen LogP contribution in [0.15, 0.2) is 18.2 Å². The number of hydrogen-bond acceptors (Lipinski definition) is 4. The van der Waals surface area contributed by atoms with Crippen LogP contribution in [-0.4, -0.2) is 26.2 Å². The lowest BCUT2D eigenvalue weighted by atomic mass is 10.1. The molecule has 1 unspecified atom stereocenters. The number of amides is 1. The molecule has 0 aliphatic heterocycles. The Morgan fingerprint density at radius 2 is 2.00 bits per heavy atom. The Morgan fingerprint density at radius 1 is 1.30 bits per heavy atom. The molecule has 5 heteroatoms. The lowest BCUT2D eigenvalue weighted by Gasteiger charge is -2.12. The number of carbonyl (C=O) groups excluding carboxylic acids is 1. The molecule has 0 spiro atoms. The molecule has 1 amide bonds. The lowest BCUT2D eigenvalue weighted by Crippen LogP contribution is -2.31. The van der Waals surface area contributed by atoms with Crippen LogP contribution in [0.1, 0.15) is 31.7 Å². The van der Waals surface area contributed by atoms with Gasteiger partial charge in [-0.05, 0) is 24.1 Å². The first-order valence-corrected chi connectivity index (χ1v) is 6.83. The highest BCUT2D eigenvalue weighted by molar-refractivity contribution is 5.76. The monoisotopic (exact) mass is 280 g/mol. The summed E-state index contributed by atoms with van der Waals surface area (Å²) >= 11 is 0. The van der Waals surface area contributed by atoms with Crippen molar-refractivity contribution in [3.05, 3.63) is 23.8 Å². The summed E-state index contributed by atoms with van der Waals surface area (Å²) in [7, 11) is 3.18. The molecule has 0 aromatic heterocycles. The van der Waals surface area contributed by atoms with E-state index in [1.165, 1.54) is 0 Å². The summed E-state index contributed by atoms with van der Waals surface area (Å²) in [4.78, 5) is 11.7. The molecule has 0 aliphatic rings. The molecule has 112 valence electrons. The first kappa shape index (κ1) is 16.3. The fourth-order valence-electron chi connectivity index (χ4n) is 1.97. The summed E-state index contributed by atoms with van der Waals surface area (Å²) < 4.78 is 10.4. The summed E-state index contributed by atoms with van der Waals surface area (Å²) in [5, 5.41) is 2.86. The van der Waals surface area contributed by atoms with E-state index in [1.54, 1.807) is 14.2 Å². The van der Waals surface area contributed by atoms with Crippen molar-refractivity contribution in [3.8, 4) is 11.5 Å². The van der Waals surface area contributed by atoms with Gasteiger partial charge >= 0.3 is 0 Å². The number of hydrogen-bond donors (Lipinski definition) is 2. The molecule has 1 aromatic rings. The average Bonchev–Trinajstić information content (AvgIpc) is 2.44. The smallest absolute Gasteiger partial charge is 0.221 e. The summed E-state index contributed by atoms with van der Waals surface area (Å²) in [5.74, 6) is 1.30. The van der Waals surface area contributed by atoms with Crippen molar-refractivity contribution in [1.29, 1.82) is 0 Å². The predicted molar refractivity (Wildman–Crippen MR) is 78.9 cm³/mol. The SMILES string of the molecule is CCCC(N)CC(=O)NCc1ccc(OC)c(OC)c1. The first-order chi connectivity index (χ1) is 9.60. The van der Waals surface area contributed by atoms with E-state index in [0.29, 0.717) is 24.5 Å². The number of rotatable bonds is 8. The van der Waals surface area contributed by atoms with Crippen LogP contribution in [0.4, 0.5) is 0 Å². The minimum atomic E-state index is -0.0644. The second-order valence-corrected chi connectivity index (χ2v) is 4.72. The maximum atomic E-state index is 11.7. The minimum absolute atomic E-state index is 0.0271. The lowest BCUT2D eigenvalue weighted by molar-refractivity contribution is -0.121. The van der Waals surface area contributed by atoms with E-state index in [1.807, 2.05) is 18.2 Å². The molecule has 0 radical (unpaired) electrons. The molecule has 5 nitrogen and oxygen atoms in total. The van der Waals surface area contributed by atoms with Gasteiger partial charge in [-0.25, -0.2) is 0 Å². The Labute approximate surface area is 120 Å². The van der Waals surface area contributed by atoms with Gasteiger partial charge in [-0.15, -0.1) is 0 Å². The van der Waals surface area contributed by atoms with Gasteiger partial charge in [-0.3, -0.25) is 4.79 Å². The fourth-order valence-corrected chi connectivity index (χ4v) is 1.97. The van der Waals surface area contributed by atoms with Crippen LogP contribution in [0.3, 0.4) is 0 Å². The van der Waals surface area contributed by atoms with Crippen LogP contribution in [0.25, 0.3) is 0 Å². The molecule has 0 saturated carbocycles. The quantitative estimate of drug-likeness (QED) is 0.762. The summed E-state index contributed by atoms with van der Waals surface area (Å²) in [6.45, 7) is 2.51. The third-order valence-corrected chi connectivity index (χ3v) is 3.04. The molecule has 0 saturated heterocycles. The van der Waals surface area contributed by atoms with Crippen molar-refractivity contribution < 1.29 is 14.3 Å². The summed E-state index contributed by atoms with van der Waals surface area (Å²) in [6.07, 6.45) is 2.22. The van der Waals surface area contributed by atoms with Crippen molar-refractivity contribution in [1.82, 2.24) is 5.32 Å². The number of nitrogens with one attached hydrogen (secondary N) is 1. The molecule has 0 aliphatic carbocycles. The molecule has 1 rings (SSSR count). The molecule has 0 heterocycles. The zero-order valence-electron chi connectivity index (χ0n) is 12.4. The van der Waals surface area contributed by atoms with E-state index in [-0.39, 0.29) is 11.9 Å². The molecule has 0 fully saturated rings. The fraction of sp³-hybridized carbons (Fsp3) is 0.533. The molecule has 1 aromatic carbocycles. The number of ether oxygens (including phenoxy) is 2. The first-order valence-electron chi connectivity index (χ1n) is 6.83. The van der Waals surface area contributed by atoms with E-state index in [4.69, 9.17) is 15.2 Å². The normalized spacial score (nSPS) is 11.8. The van der Waals surface area contributed by atoms with E-state index >= 15 is 0 Å². The second-order valence-electron chi connectivity index (χ2n) is 4.72. The number of benzene rings is 1. The number of methoxy groups -OCH3 is 2. The highest BCUT2D eigenvalue weighted by atomic mass is 16.5. The van der Waals surface area contributed by atoms with Gasteiger partial charge in [0.05, 0.1) is 14.2 Å². The van der Waals surface area contributed by atoms with Crippen LogP contribution in [0.2, 0.25) is 0 Å². The summed E-state index contributed by atoms with van der Waals surface area (Å²) in [5.41, 5.74) is 6.80. The van der Waals surface area contributed by atoms with Gasteiger partial charge in [0.25, 0.3) is 0 Å². The molecular weight excluding hydrogens is 256 g/mol. The number of carbonyl (C=O) groups is 1. The van der Waals surface area contributed by atoms with Gasteiger partial charge < -0.3 is 20.5 Å². The van der Waals surface area contributed by atoms with E-state index < -0.39 is 0 Å². The third kappa shape index (κ3) is 5.09. The van der Waals surface area contributed by atoms with Crippen LogP contribution >= 0.6 is 0 Å². The third-order valence-electron chi connectivity index (χ3n) is 3.04. The highest BCUT2D eigenvalue weighted by Crippen LogP contribution is 2.27. The van der Waals surface area contributed by atoms with E-state index in [2.05, 4.69) is 12.2 Å². The zero-order chi connectivity index (χ0) is 15.0. The topological polar surface area (TPSA) is 73.6 Å². The molecular formula is C15H24N2O3. The van der Waals surface area contributed by atoms with Gasteiger partial charge in [-0.1, -0.05) is 19.4 Å². The Balaban J connectivity index is 2.51. The molecule has 1 atom stereocenters. The number of nitrogens with two attached hydrogens (primary N) is 1. The summed E-state index contributed by atoms with van der Waals surface area (Å²) in [6, 6.07) is 5.51. The maximum Gasteiger partial charge on any atom is 0.221 e. The van der Waals surface area contributed by atoms with Gasteiger partial charge in [0.15, 0.2) is 11.5 Å². The Hall–Kier alpha value is -1.75. The Bertz CT molecular complexity index is 435. The standard InChI is InChI=1S/C15H24N2O3/c1-4-5-12(16)9-15(18)17-10-11-6-7-13(19-2)14(8-11)20-3/h6-8,12H,4-5,9-10,16H2,1-3H3,(H,17,18). The van der Waals surface area contributed by atoms with Crippen LogP contribution in [0, 0.1) is 0 Å². The zero-order valence-corrected chi connectivity index (χ0v) is 12.4. The van der Waals surface area contributed by atoms with Crippen molar-refractivity contribution in [3.63, 3.8) is 0 Å². The second kappa shape index (κ2) is 8.43.